The molecule has 2 N–H and O–H groups in total. The number of ether oxygens (including phenoxy) is 1. The average Bonchev–Trinajstić information content (AvgIpc) is 2.83. The van der Waals surface area contributed by atoms with Gasteiger partial charge >= 0.3 is 0 Å². The van der Waals surface area contributed by atoms with E-state index in [0.717, 1.165) is 22.7 Å². The molecule has 3 aromatic carbocycles. The normalized spacial score (nSPS) is 10.2. The predicted molar refractivity (Wildman–Crippen MR) is 134 cm³/mol. The van der Waals surface area contributed by atoms with Gasteiger partial charge in [0.2, 0.25) is 5.91 Å². The lowest BCUT2D eigenvalue weighted by Gasteiger charge is -2.21. The van der Waals surface area contributed by atoms with Gasteiger partial charge in [0.25, 0.3) is 5.91 Å². The molecule has 0 spiro atoms. The number of carbonyl (C=O) groups is 2. The summed E-state index contributed by atoms with van der Waals surface area (Å²) in [5, 5.41) is 5.92. The van der Waals surface area contributed by atoms with Crippen molar-refractivity contribution in [3.63, 3.8) is 0 Å². The van der Waals surface area contributed by atoms with Gasteiger partial charge in [0, 0.05) is 29.2 Å². The van der Waals surface area contributed by atoms with E-state index in [0.29, 0.717) is 24.4 Å². The van der Waals surface area contributed by atoms with Crippen LogP contribution in [0.25, 0.3) is 0 Å². The van der Waals surface area contributed by atoms with E-state index in [4.69, 9.17) is 4.74 Å². The summed E-state index contributed by atoms with van der Waals surface area (Å²) < 4.78 is 5.57. The van der Waals surface area contributed by atoms with Gasteiger partial charge in [0.15, 0.2) is 0 Å². The second kappa shape index (κ2) is 11.5. The smallest absolute Gasteiger partial charge is 0.258 e. The van der Waals surface area contributed by atoms with Gasteiger partial charge in [-0.15, -0.1) is 0 Å². The standard InChI is InChI=1S/C27H29N3O3/c1-4-30(24-11-6-5-7-12-24)27(32)21-9-8-10-23(17-21)29-26(31)18-28-22-13-15-25(16-14-22)33-19-20(2)3/h5-17,28H,2,4,18-19H2,1,3H3,(H,29,31). The number of para-hydroxylation sites is 1. The predicted octanol–water partition coefficient (Wildman–Crippen LogP) is 5.36. The van der Waals surface area contributed by atoms with Crippen molar-refractivity contribution in [2.24, 2.45) is 0 Å². The zero-order valence-electron chi connectivity index (χ0n) is 19.0. The number of anilines is 3. The van der Waals surface area contributed by atoms with Crippen LogP contribution in [0.3, 0.4) is 0 Å². The van der Waals surface area contributed by atoms with Crippen LogP contribution in [0.4, 0.5) is 17.1 Å². The van der Waals surface area contributed by atoms with Gasteiger partial charge in [-0.25, -0.2) is 0 Å². The molecule has 0 saturated carbocycles. The largest absolute Gasteiger partial charge is 0.489 e. The van der Waals surface area contributed by atoms with Gasteiger partial charge in [-0.2, -0.15) is 0 Å². The van der Waals surface area contributed by atoms with Crippen LogP contribution in [0.2, 0.25) is 0 Å². The van der Waals surface area contributed by atoms with Crippen LogP contribution in [-0.4, -0.2) is 31.5 Å². The zero-order valence-corrected chi connectivity index (χ0v) is 19.0. The first-order chi connectivity index (χ1) is 16.0. The summed E-state index contributed by atoms with van der Waals surface area (Å²) >= 11 is 0. The lowest BCUT2D eigenvalue weighted by Crippen LogP contribution is -2.30. The molecule has 6 nitrogen and oxygen atoms in total. The highest BCUT2D eigenvalue weighted by atomic mass is 16.5. The van der Waals surface area contributed by atoms with Crippen LogP contribution < -0.4 is 20.3 Å². The topological polar surface area (TPSA) is 70.7 Å². The molecule has 0 aliphatic rings. The minimum atomic E-state index is -0.211. The fourth-order valence-electron chi connectivity index (χ4n) is 3.20. The van der Waals surface area contributed by atoms with Crippen molar-refractivity contribution in [2.75, 3.05) is 35.2 Å². The van der Waals surface area contributed by atoms with E-state index in [9.17, 15) is 9.59 Å². The van der Waals surface area contributed by atoms with Crippen molar-refractivity contribution in [3.05, 3.63) is 96.6 Å². The number of hydrogen-bond donors (Lipinski definition) is 2. The minimum Gasteiger partial charge on any atom is -0.489 e. The summed E-state index contributed by atoms with van der Waals surface area (Å²) in [4.78, 5) is 27.1. The molecule has 0 aromatic heterocycles. The van der Waals surface area contributed by atoms with Gasteiger partial charge in [0.1, 0.15) is 12.4 Å². The van der Waals surface area contributed by atoms with Crippen molar-refractivity contribution < 1.29 is 14.3 Å². The second-order valence-electron chi connectivity index (χ2n) is 7.64. The number of rotatable bonds is 10. The summed E-state index contributed by atoms with van der Waals surface area (Å²) in [6.07, 6.45) is 0. The highest BCUT2D eigenvalue weighted by Crippen LogP contribution is 2.19. The molecular weight excluding hydrogens is 414 g/mol. The first-order valence-electron chi connectivity index (χ1n) is 10.8. The van der Waals surface area contributed by atoms with Crippen LogP contribution in [0.1, 0.15) is 24.2 Å². The molecular formula is C27H29N3O3. The van der Waals surface area contributed by atoms with Crippen molar-refractivity contribution >= 4 is 28.9 Å². The van der Waals surface area contributed by atoms with Crippen LogP contribution in [0.15, 0.2) is 91.0 Å². The van der Waals surface area contributed by atoms with Crippen LogP contribution in [0, 0.1) is 0 Å². The third kappa shape index (κ3) is 6.97. The number of nitrogens with one attached hydrogen (secondary N) is 2. The molecule has 0 bridgehead atoms. The van der Waals surface area contributed by atoms with E-state index in [-0.39, 0.29) is 18.4 Å². The third-order valence-corrected chi connectivity index (χ3v) is 4.82. The maximum atomic E-state index is 13.0. The zero-order chi connectivity index (χ0) is 23.6. The van der Waals surface area contributed by atoms with E-state index < -0.39 is 0 Å². The molecule has 33 heavy (non-hydrogen) atoms. The van der Waals surface area contributed by atoms with Crippen molar-refractivity contribution in [1.29, 1.82) is 0 Å². The maximum Gasteiger partial charge on any atom is 0.258 e. The Kier molecular flexibility index (Phi) is 8.24. The van der Waals surface area contributed by atoms with Crippen LogP contribution in [0.5, 0.6) is 5.75 Å². The lowest BCUT2D eigenvalue weighted by molar-refractivity contribution is -0.114. The molecule has 6 heteroatoms. The summed E-state index contributed by atoms with van der Waals surface area (Å²) in [6.45, 7) is 8.75. The lowest BCUT2D eigenvalue weighted by atomic mass is 10.1. The van der Waals surface area contributed by atoms with Gasteiger partial charge < -0.3 is 20.3 Å². The molecule has 0 heterocycles. The molecule has 0 atom stereocenters. The highest BCUT2D eigenvalue weighted by Gasteiger charge is 2.16. The Labute approximate surface area is 194 Å². The number of nitrogens with zero attached hydrogens (tertiary/aromatic N) is 1. The fraction of sp³-hybridized carbons (Fsp3) is 0.185. The summed E-state index contributed by atoms with van der Waals surface area (Å²) in [6, 6.07) is 23.9. The SMILES string of the molecule is C=C(C)COc1ccc(NCC(=O)Nc2cccc(C(=O)N(CC)c3ccccc3)c2)cc1. The van der Waals surface area contributed by atoms with Gasteiger partial charge in [-0.05, 0) is 74.0 Å². The molecule has 170 valence electrons. The Hall–Kier alpha value is -4.06. The highest BCUT2D eigenvalue weighted by molar-refractivity contribution is 6.07. The van der Waals surface area contributed by atoms with E-state index in [1.165, 1.54) is 0 Å². The fourth-order valence-corrected chi connectivity index (χ4v) is 3.20. The minimum absolute atomic E-state index is 0.0925. The summed E-state index contributed by atoms with van der Waals surface area (Å²) in [7, 11) is 0. The Bertz CT molecular complexity index is 1100. The maximum absolute atomic E-state index is 13.0. The average molecular weight is 444 g/mol. The van der Waals surface area contributed by atoms with Gasteiger partial charge in [0.05, 0.1) is 6.54 Å². The molecule has 0 fully saturated rings. The summed E-state index contributed by atoms with van der Waals surface area (Å²) in [5.74, 6) is 0.413. The number of amides is 2. The molecule has 2 amide bonds. The molecule has 0 saturated heterocycles. The van der Waals surface area contributed by atoms with E-state index in [1.54, 1.807) is 29.2 Å². The Morgan fingerprint density at radius 3 is 2.33 bits per heavy atom. The van der Waals surface area contributed by atoms with Crippen LogP contribution >= 0.6 is 0 Å². The van der Waals surface area contributed by atoms with Gasteiger partial charge in [-0.3, -0.25) is 9.59 Å². The molecule has 0 radical (unpaired) electrons. The number of benzene rings is 3. The Morgan fingerprint density at radius 2 is 1.67 bits per heavy atom. The van der Waals surface area contributed by atoms with Gasteiger partial charge in [-0.1, -0.05) is 30.8 Å². The molecule has 3 rings (SSSR count). The van der Waals surface area contributed by atoms with Crippen molar-refractivity contribution in [3.8, 4) is 5.75 Å². The third-order valence-electron chi connectivity index (χ3n) is 4.82. The molecule has 0 aliphatic carbocycles. The monoisotopic (exact) mass is 443 g/mol. The number of hydrogen-bond acceptors (Lipinski definition) is 4. The second-order valence-corrected chi connectivity index (χ2v) is 7.64. The van der Waals surface area contributed by atoms with Crippen molar-refractivity contribution in [1.82, 2.24) is 0 Å². The Morgan fingerprint density at radius 1 is 0.939 bits per heavy atom. The molecule has 0 unspecified atom stereocenters. The Balaban J connectivity index is 1.57. The van der Waals surface area contributed by atoms with E-state index >= 15 is 0 Å². The molecule has 0 aliphatic heterocycles. The van der Waals surface area contributed by atoms with E-state index in [1.807, 2.05) is 68.4 Å². The quantitative estimate of drug-likeness (QED) is 0.414. The van der Waals surface area contributed by atoms with E-state index in [2.05, 4.69) is 17.2 Å². The van der Waals surface area contributed by atoms with Crippen LogP contribution in [-0.2, 0) is 4.79 Å². The number of carbonyl (C=O) groups excluding carboxylic acids is 2. The first kappa shape index (κ1) is 23.6. The molecule has 3 aromatic rings. The first-order valence-corrected chi connectivity index (χ1v) is 10.8. The summed E-state index contributed by atoms with van der Waals surface area (Å²) in [5.41, 5.74) is 3.66. The van der Waals surface area contributed by atoms with Crippen molar-refractivity contribution in [2.45, 2.75) is 13.8 Å².